The lowest BCUT2D eigenvalue weighted by Gasteiger charge is -2.14. The third-order valence-electron chi connectivity index (χ3n) is 3.53. The van der Waals surface area contributed by atoms with Crippen molar-refractivity contribution in [3.05, 3.63) is 17.8 Å². The van der Waals surface area contributed by atoms with Crippen LogP contribution in [-0.2, 0) is 4.74 Å². The molecule has 0 amide bonds. The molecule has 2 rings (SSSR count). The van der Waals surface area contributed by atoms with Crippen LogP contribution in [0.5, 0.6) is 0 Å². The van der Waals surface area contributed by atoms with Gasteiger partial charge in [-0.3, -0.25) is 0 Å². The van der Waals surface area contributed by atoms with Crippen molar-refractivity contribution in [1.82, 2.24) is 9.88 Å². The van der Waals surface area contributed by atoms with Crippen molar-refractivity contribution >= 4 is 17.5 Å². The van der Waals surface area contributed by atoms with Crippen LogP contribution in [0.3, 0.4) is 0 Å². The maximum atomic E-state index is 11.8. The zero-order valence-corrected chi connectivity index (χ0v) is 12.1. The van der Waals surface area contributed by atoms with Gasteiger partial charge < -0.3 is 20.7 Å². The summed E-state index contributed by atoms with van der Waals surface area (Å²) in [5.74, 6) is 0.744. The summed E-state index contributed by atoms with van der Waals surface area (Å²) in [6.45, 7) is 5.11. The third-order valence-corrected chi connectivity index (χ3v) is 3.53. The molecule has 1 unspecified atom stereocenters. The fourth-order valence-corrected chi connectivity index (χ4v) is 2.43. The van der Waals surface area contributed by atoms with Gasteiger partial charge in [-0.1, -0.05) is 0 Å². The van der Waals surface area contributed by atoms with Gasteiger partial charge in [-0.05, 0) is 38.9 Å². The molecule has 0 bridgehead atoms. The molecule has 1 fully saturated rings. The second kappa shape index (κ2) is 6.56. The highest BCUT2D eigenvalue weighted by Gasteiger charge is 2.20. The Bertz CT molecular complexity index is 478. The van der Waals surface area contributed by atoms with Crippen LogP contribution in [0.2, 0.25) is 0 Å². The van der Waals surface area contributed by atoms with Crippen molar-refractivity contribution in [2.45, 2.75) is 13.3 Å². The SMILES string of the molecule is CCOC(=O)c1ccnc(NCC2CCN(C)C2)c1N. The Balaban J connectivity index is 2.01. The van der Waals surface area contributed by atoms with Gasteiger partial charge in [0.2, 0.25) is 0 Å². The number of pyridine rings is 1. The molecule has 0 aromatic carbocycles. The maximum absolute atomic E-state index is 11.8. The van der Waals surface area contributed by atoms with E-state index in [4.69, 9.17) is 10.5 Å². The summed E-state index contributed by atoms with van der Waals surface area (Å²) in [5.41, 5.74) is 6.72. The average Bonchev–Trinajstić information content (AvgIpc) is 2.83. The van der Waals surface area contributed by atoms with Crippen LogP contribution in [-0.4, -0.2) is 49.1 Å². The molecular weight excluding hydrogens is 256 g/mol. The Hall–Kier alpha value is -1.82. The number of esters is 1. The molecule has 0 radical (unpaired) electrons. The van der Waals surface area contributed by atoms with Gasteiger partial charge in [-0.15, -0.1) is 0 Å². The van der Waals surface area contributed by atoms with Gasteiger partial charge in [0, 0.05) is 19.3 Å². The number of ether oxygens (including phenoxy) is 1. The molecule has 0 aliphatic carbocycles. The smallest absolute Gasteiger partial charge is 0.340 e. The van der Waals surface area contributed by atoms with Crippen molar-refractivity contribution in [1.29, 1.82) is 0 Å². The van der Waals surface area contributed by atoms with Crippen LogP contribution in [0.1, 0.15) is 23.7 Å². The quantitative estimate of drug-likeness (QED) is 0.788. The molecule has 1 saturated heterocycles. The second-order valence-electron chi connectivity index (χ2n) is 5.14. The first-order valence-electron chi connectivity index (χ1n) is 6.95. The summed E-state index contributed by atoms with van der Waals surface area (Å²) in [7, 11) is 2.12. The minimum atomic E-state index is -0.406. The molecule has 1 aliphatic heterocycles. The molecule has 1 aromatic rings. The standard InChI is InChI=1S/C14H22N4O2/c1-3-20-14(19)11-4-6-16-13(12(11)15)17-8-10-5-7-18(2)9-10/h4,6,10H,3,5,7-9,15H2,1-2H3,(H,16,17). The molecule has 0 spiro atoms. The zero-order valence-electron chi connectivity index (χ0n) is 12.1. The first kappa shape index (κ1) is 14.6. The molecule has 20 heavy (non-hydrogen) atoms. The van der Waals surface area contributed by atoms with E-state index in [1.54, 1.807) is 19.2 Å². The number of aromatic nitrogens is 1. The Morgan fingerprint density at radius 1 is 1.65 bits per heavy atom. The van der Waals surface area contributed by atoms with Gasteiger partial charge in [0.1, 0.15) is 5.82 Å². The summed E-state index contributed by atoms with van der Waals surface area (Å²) in [6.07, 6.45) is 2.74. The molecule has 3 N–H and O–H groups in total. The van der Waals surface area contributed by atoms with Crippen LogP contribution in [0.15, 0.2) is 12.3 Å². The van der Waals surface area contributed by atoms with Gasteiger partial charge in [-0.2, -0.15) is 0 Å². The Labute approximate surface area is 119 Å². The topological polar surface area (TPSA) is 80.5 Å². The highest BCUT2D eigenvalue weighted by molar-refractivity contribution is 5.97. The van der Waals surface area contributed by atoms with Gasteiger partial charge in [0.05, 0.1) is 17.9 Å². The molecule has 1 aliphatic rings. The van der Waals surface area contributed by atoms with Crippen molar-refractivity contribution in [3.63, 3.8) is 0 Å². The molecule has 6 nitrogen and oxygen atoms in total. The van der Waals surface area contributed by atoms with Gasteiger partial charge in [-0.25, -0.2) is 9.78 Å². The van der Waals surface area contributed by atoms with Gasteiger partial charge in [0.15, 0.2) is 0 Å². The van der Waals surface area contributed by atoms with Crippen LogP contribution in [0, 0.1) is 5.92 Å². The number of anilines is 2. The van der Waals surface area contributed by atoms with E-state index in [1.165, 1.54) is 6.42 Å². The molecule has 1 aromatic heterocycles. The van der Waals surface area contributed by atoms with E-state index < -0.39 is 5.97 Å². The molecule has 6 heteroatoms. The number of hydrogen-bond donors (Lipinski definition) is 2. The van der Waals surface area contributed by atoms with E-state index in [1.807, 2.05) is 0 Å². The summed E-state index contributed by atoms with van der Waals surface area (Å²) in [6, 6.07) is 1.59. The number of nitrogens with one attached hydrogen (secondary N) is 1. The number of hydrogen-bond acceptors (Lipinski definition) is 6. The van der Waals surface area contributed by atoms with Crippen molar-refractivity contribution in [3.8, 4) is 0 Å². The normalized spacial score (nSPS) is 19.0. The number of likely N-dealkylation sites (tertiary alicyclic amines) is 1. The van der Waals surface area contributed by atoms with Crippen molar-refractivity contribution in [2.24, 2.45) is 5.92 Å². The van der Waals surface area contributed by atoms with E-state index in [-0.39, 0.29) is 0 Å². The Morgan fingerprint density at radius 3 is 3.10 bits per heavy atom. The predicted octanol–water partition coefficient (Wildman–Crippen LogP) is 1.20. The van der Waals surface area contributed by atoms with Crippen LogP contribution in [0.25, 0.3) is 0 Å². The number of carbonyl (C=O) groups excluding carboxylic acids is 1. The van der Waals surface area contributed by atoms with E-state index >= 15 is 0 Å². The summed E-state index contributed by atoms with van der Waals surface area (Å²) < 4.78 is 4.97. The van der Waals surface area contributed by atoms with Crippen LogP contribution in [0.4, 0.5) is 11.5 Å². The van der Waals surface area contributed by atoms with E-state index in [0.717, 1.165) is 19.6 Å². The Kier molecular flexibility index (Phi) is 4.79. The summed E-state index contributed by atoms with van der Waals surface area (Å²) in [4.78, 5) is 18.3. The highest BCUT2D eigenvalue weighted by Crippen LogP contribution is 2.22. The number of nitrogens with zero attached hydrogens (tertiary/aromatic N) is 2. The minimum absolute atomic E-state index is 0.331. The fraction of sp³-hybridized carbons (Fsp3) is 0.571. The molecular formula is C14H22N4O2. The molecule has 2 heterocycles. The van der Waals surface area contributed by atoms with Crippen molar-refractivity contribution in [2.75, 3.05) is 44.3 Å². The van der Waals surface area contributed by atoms with Crippen LogP contribution >= 0.6 is 0 Å². The lowest BCUT2D eigenvalue weighted by Crippen LogP contribution is -2.20. The monoisotopic (exact) mass is 278 g/mol. The average molecular weight is 278 g/mol. The van der Waals surface area contributed by atoms with E-state index in [2.05, 4.69) is 22.2 Å². The number of nitrogens with two attached hydrogens (primary N) is 1. The first-order chi connectivity index (χ1) is 9.61. The van der Waals surface area contributed by atoms with Gasteiger partial charge >= 0.3 is 5.97 Å². The maximum Gasteiger partial charge on any atom is 0.340 e. The minimum Gasteiger partial charge on any atom is -0.462 e. The summed E-state index contributed by atoms with van der Waals surface area (Å²) >= 11 is 0. The molecule has 110 valence electrons. The largest absolute Gasteiger partial charge is 0.462 e. The fourth-order valence-electron chi connectivity index (χ4n) is 2.43. The predicted molar refractivity (Wildman–Crippen MR) is 78.7 cm³/mol. The highest BCUT2D eigenvalue weighted by atomic mass is 16.5. The van der Waals surface area contributed by atoms with E-state index in [9.17, 15) is 4.79 Å². The number of rotatable bonds is 5. The van der Waals surface area contributed by atoms with Crippen LogP contribution < -0.4 is 11.1 Å². The molecule has 0 saturated carbocycles. The first-order valence-corrected chi connectivity index (χ1v) is 6.95. The summed E-state index contributed by atoms with van der Waals surface area (Å²) in [5, 5.41) is 3.24. The van der Waals surface area contributed by atoms with Crippen molar-refractivity contribution < 1.29 is 9.53 Å². The number of carbonyl (C=O) groups is 1. The van der Waals surface area contributed by atoms with E-state index in [0.29, 0.717) is 29.6 Å². The second-order valence-corrected chi connectivity index (χ2v) is 5.14. The third kappa shape index (κ3) is 3.39. The number of nitrogen functional groups attached to an aromatic ring is 1. The zero-order chi connectivity index (χ0) is 14.5. The Morgan fingerprint density at radius 2 is 2.45 bits per heavy atom. The van der Waals surface area contributed by atoms with Gasteiger partial charge in [0.25, 0.3) is 0 Å². The molecule has 1 atom stereocenters. The lowest BCUT2D eigenvalue weighted by atomic mass is 10.1. The lowest BCUT2D eigenvalue weighted by molar-refractivity contribution is 0.0527.